The highest BCUT2D eigenvalue weighted by atomic mass is 79.9. The molecule has 0 aliphatic carbocycles. The molecule has 12 heavy (non-hydrogen) atoms. The molecule has 1 aromatic rings. The van der Waals surface area contributed by atoms with E-state index in [0.717, 1.165) is 4.47 Å². The fraction of sp³-hybridized carbons (Fsp3) is 0.375. The van der Waals surface area contributed by atoms with E-state index >= 15 is 0 Å². The maximum atomic E-state index is 13.4. The Bertz CT molecular complexity index is 296. The molecule has 0 spiro atoms. The fourth-order valence-corrected chi connectivity index (χ4v) is 1.71. The van der Waals surface area contributed by atoms with Crippen molar-refractivity contribution in [3.05, 3.63) is 27.5 Å². The van der Waals surface area contributed by atoms with E-state index in [2.05, 4.69) is 20.9 Å². The molecule has 66 valence electrons. The second-order valence-corrected chi connectivity index (χ2v) is 4.28. The van der Waals surface area contributed by atoms with Gasteiger partial charge in [-0.2, -0.15) is 0 Å². The third-order valence-electron chi connectivity index (χ3n) is 1.37. The van der Waals surface area contributed by atoms with Gasteiger partial charge in [0.15, 0.2) is 0 Å². The van der Waals surface area contributed by atoms with Gasteiger partial charge in [-0.25, -0.2) is 4.39 Å². The molecule has 0 unspecified atom stereocenters. The van der Waals surface area contributed by atoms with Crippen LogP contribution in [0.1, 0.15) is 19.5 Å². The average molecular weight is 253 g/mol. The van der Waals surface area contributed by atoms with Gasteiger partial charge in [0.1, 0.15) is 5.67 Å². The Morgan fingerprint density at radius 1 is 1.58 bits per heavy atom. The molecule has 1 nitrogen and oxygen atoms in total. The molecule has 0 saturated heterocycles. The lowest BCUT2D eigenvalue weighted by Gasteiger charge is -2.14. The molecule has 0 radical (unpaired) electrons. The summed E-state index contributed by atoms with van der Waals surface area (Å²) in [5.74, 6) is 0. The maximum Gasteiger partial charge on any atom is 0.148 e. The Kier molecular flexibility index (Phi) is 2.74. The quantitative estimate of drug-likeness (QED) is 0.742. The van der Waals surface area contributed by atoms with Crippen LogP contribution in [0.4, 0.5) is 4.39 Å². The van der Waals surface area contributed by atoms with Crippen LogP contribution in [0.2, 0.25) is 5.02 Å². The predicted molar refractivity (Wildman–Crippen MR) is 51.1 cm³/mol. The highest BCUT2D eigenvalue weighted by Gasteiger charge is 2.23. The van der Waals surface area contributed by atoms with E-state index in [1.165, 1.54) is 20.0 Å². The van der Waals surface area contributed by atoms with E-state index < -0.39 is 5.67 Å². The van der Waals surface area contributed by atoms with Crippen molar-refractivity contribution in [2.45, 2.75) is 19.5 Å². The molecule has 1 aromatic heterocycles. The summed E-state index contributed by atoms with van der Waals surface area (Å²) >= 11 is 8.98. The minimum atomic E-state index is -1.49. The van der Waals surface area contributed by atoms with Crippen molar-refractivity contribution >= 4 is 27.5 Å². The molecule has 0 bridgehead atoms. The molecule has 0 atom stereocenters. The number of nitrogens with zero attached hydrogens (tertiary/aromatic N) is 1. The van der Waals surface area contributed by atoms with E-state index in [1.54, 1.807) is 6.07 Å². The van der Waals surface area contributed by atoms with E-state index in [4.69, 9.17) is 11.6 Å². The lowest BCUT2D eigenvalue weighted by Crippen LogP contribution is -2.12. The van der Waals surface area contributed by atoms with E-state index in [-0.39, 0.29) is 5.69 Å². The predicted octanol–water partition coefficient (Wildman–Crippen LogP) is 3.70. The second-order valence-electron chi connectivity index (χ2n) is 2.96. The number of hydrogen-bond donors (Lipinski definition) is 0. The third-order valence-corrected chi connectivity index (χ3v) is 2.09. The minimum Gasteiger partial charge on any atom is -0.255 e. The molecule has 0 saturated carbocycles. The highest BCUT2D eigenvalue weighted by molar-refractivity contribution is 9.10. The molecule has 4 heteroatoms. The summed E-state index contributed by atoms with van der Waals surface area (Å²) in [4.78, 5) is 3.90. The molecule has 0 amide bonds. The SMILES string of the molecule is CC(C)(F)c1ncc(Br)cc1Cl. The minimum absolute atomic E-state index is 0.271. The van der Waals surface area contributed by atoms with Crippen molar-refractivity contribution in [2.24, 2.45) is 0 Å². The van der Waals surface area contributed by atoms with Gasteiger partial charge in [-0.15, -0.1) is 0 Å². The number of aromatic nitrogens is 1. The summed E-state index contributed by atoms with van der Waals surface area (Å²) in [5, 5.41) is 0.344. The van der Waals surface area contributed by atoms with Crippen LogP contribution in [0.5, 0.6) is 0 Å². The van der Waals surface area contributed by atoms with Crippen molar-refractivity contribution in [1.29, 1.82) is 0 Å². The number of hydrogen-bond acceptors (Lipinski definition) is 1. The van der Waals surface area contributed by atoms with E-state index in [1.807, 2.05) is 0 Å². The van der Waals surface area contributed by atoms with Gasteiger partial charge in [-0.1, -0.05) is 11.6 Å². The first-order valence-corrected chi connectivity index (χ1v) is 4.59. The third kappa shape index (κ3) is 2.17. The molecule has 0 N–H and O–H groups in total. The van der Waals surface area contributed by atoms with Gasteiger partial charge in [0.05, 0.1) is 10.7 Å². The maximum absolute atomic E-state index is 13.4. The smallest absolute Gasteiger partial charge is 0.148 e. The number of rotatable bonds is 1. The van der Waals surface area contributed by atoms with Crippen LogP contribution in [-0.2, 0) is 5.67 Å². The summed E-state index contributed by atoms with van der Waals surface area (Å²) < 4.78 is 14.1. The number of pyridine rings is 1. The molecule has 0 aliphatic heterocycles. The molecule has 0 aromatic carbocycles. The van der Waals surface area contributed by atoms with E-state index in [9.17, 15) is 4.39 Å². The Balaban J connectivity index is 3.19. The Hall–Kier alpha value is -0.150. The molecular weight excluding hydrogens is 244 g/mol. The van der Waals surface area contributed by atoms with Crippen LogP contribution in [-0.4, -0.2) is 4.98 Å². The second kappa shape index (κ2) is 3.30. The van der Waals surface area contributed by atoms with Gasteiger partial charge in [-0.3, -0.25) is 4.98 Å². The lowest BCUT2D eigenvalue weighted by molar-refractivity contribution is 0.214. The van der Waals surface area contributed by atoms with Crippen LogP contribution in [0.15, 0.2) is 16.7 Å². The summed E-state index contributed by atoms with van der Waals surface area (Å²) in [7, 11) is 0. The van der Waals surface area contributed by atoms with Crippen LogP contribution in [0, 0.1) is 0 Å². The zero-order valence-corrected chi connectivity index (χ0v) is 9.08. The summed E-state index contributed by atoms with van der Waals surface area (Å²) in [6, 6.07) is 1.63. The van der Waals surface area contributed by atoms with Gasteiger partial charge >= 0.3 is 0 Å². The normalized spacial score (nSPS) is 11.8. The van der Waals surface area contributed by atoms with Crippen molar-refractivity contribution < 1.29 is 4.39 Å². The zero-order valence-electron chi connectivity index (χ0n) is 6.74. The first-order valence-electron chi connectivity index (χ1n) is 3.41. The van der Waals surface area contributed by atoms with Gasteiger partial charge in [0, 0.05) is 10.7 Å². The summed E-state index contributed by atoms with van der Waals surface area (Å²) in [5.41, 5.74) is -1.22. The zero-order chi connectivity index (χ0) is 9.35. The molecule has 0 fully saturated rings. The Morgan fingerprint density at radius 3 is 2.58 bits per heavy atom. The number of alkyl halides is 1. The average Bonchev–Trinajstić information content (AvgIpc) is 1.83. The summed E-state index contributed by atoms with van der Waals surface area (Å²) in [6.45, 7) is 2.85. The standard InChI is InChI=1S/C8H8BrClFN/c1-8(2,11)7-6(10)3-5(9)4-12-7/h3-4H,1-2H3. The van der Waals surface area contributed by atoms with Gasteiger partial charge in [-0.05, 0) is 35.8 Å². The van der Waals surface area contributed by atoms with Crippen LogP contribution < -0.4 is 0 Å². The Labute approximate surface area is 84.1 Å². The van der Waals surface area contributed by atoms with Crippen LogP contribution in [0.3, 0.4) is 0 Å². The molecular formula is C8H8BrClFN. The molecule has 1 rings (SSSR count). The first-order chi connectivity index (χ1) is 5.41. The van der Waals surface area contributed by atoms with Crippen LogP contribution in [0.25, 0.3) is 0 Å². The first kappa shape index (κ1) is 9.93. The monoisotopic (exact) mass is 251 g/mol. The van der Waals surface area contributed by atoms with Gasteiger partial charge < -0.3 is 0 Å². The largest absolute Gasteiger partial charge is 0.255 e. The molecule has 1 heterocycles. The lowest BCUT2D eigenvalue weighted by atomic mass is 10.1. The molecule has 0 aliphatic rings. The number of halogens is 3. The van der Waals surface area contributed by atoms with Crippen molar-refractivity contribution in [3.63, 3.8) is 0 Å². The topological polar surface area (TPSA) is 12.9 Å². The van der Waals surface area contributed by atoms with Crippen molar-refractivity contribution in [1.82, 2.24) is 4.98 Å². The van der Waals surface area contributed by atoms with Crippen molar-refractivity contribution in [2.75, 3.05) is 0 Å². The van der Waals surface area contributed by atoms with E-state index in [0.29, 0.717) is 5.02 Å². The van der Waals surface area contributed by atoms with Gasteiger partial charge in [0.25, 0.3) is 0 Å². The summed E-state index contributed by atoms with van der Waals surface area (Å²) in [6.07, 6.45) is 1.53. The van der Waals surface area contributed by atoms with Gasteiger partial charge in [0.2, 0.25) is 0 Å². The highest BCUT2D eigenvalue weighted by Crippen LogP contribution is 2.30. The Morgan fingerprint density at radius 2 is 2.17 bits per heavy atom. The van der Waals surface area contributed by atoms with Crippen molar-refractivity contribution in [3.8, 4) is 0 Å². The van der Waals surface area contributed by atoms with Crippen LogP contribution >= 0.6 is 27.5 Å². The fourth-order valence-electron chi connectivity index (χ4n) is 0.852.